The van der Waals surface area contributed by atoms with Gasteiger partial charge in [0.1, 0.15) is 6.10 Å². The van der Waals surface area contributed by atoms with E-state index in [2.05, 4.69) is 20.8 Å². The Kier molecular flexibility index (Phi) is 8.62. The Bertz CT molecular complexity index is 754. The third-order valence-electron chi connectivity index (χ3n) is 10.6. The van der Waals surface area contributed by atoms with Crippen molar-refractivity contribution in [3.63, 3.8) is 0 Å². The van der Waals surface area contributed by atoms with E-state index in [4.69, 9.17) is 4.74 Å². The van der Waals surface area contributed by atoms with Gasteiger partial charge in [0.25, 0.3) is 0 Å². The molecule has 6 atom stereocenters. The Balaban J connectivity index is 1.24. The number of rotatable bonds is 11. The maximum absolute atomic E-state index is 12.7. The zero-order valence-electron chi connectivity index (χ0n) is 22.3. The second-order valence-corrected chi connectivity index (χ2v) is 12.6. The summed E-state index contributed by atoms with van der Waals surface area (Å²) in [4.78, 5) is 24.8. The van der Waals surface area contributed by atoms with Crippen molar-refractivity contribution < 1.29 is 14.3 Å². The normalized spacial score (nSPS) is 36.9. The summed E-state index contributed by atoms with van der Waals surface area (Å²) in [5.74, 6) is 2.49. The molecule has 0 aromatic carbocycles. The highest BCUT2D eigenvalue weighted by Crippen LogP contribution is 2.65. The van der Waals surface area contributed by atoms with Crippen molar-refractivity contribution in [1.82, 2.24) is 0 Å². The van der Waals surface area contributed by atoms with Crippen LogP contribution >= 0.6 is 0 Å². The number of ether oxygens (including phenoxy) is 1. The van der Waals surface area contributed by atoms with Crippen molar-refractivity contribution in [2.45, 2.75) is 142 Å². The summed E-state index contributed by atoms with van der Waals surface area (Å²) in [6, 6.07) is 0. The van der Waals surface area contributed by atoms with E-state index in [0.29, 0.717) is 24.0 Å². The minimum Gasteiger partial charge on any atom is -0.462 e. The van der Waals surface area contributed by atoms with Crippen LogP contribution < -0.4 is 0 Å². The number of carbonyl (C=O) groups is 2. The molecular weight excluding hydrogens is 420 g/mol. The topological polar surface area (TPSA) is 43.4 Å². The van der Waals surface area contributed by atoms with Crippen molar-refractivity contribution in [2.75, 3.05) is 0 Å². The van der Waals surface area contributed by atoms with Gasteiger partial charge in [-0.1, -0.05) is 77.7 Å². The molecule has 3 saturated carbocycles. The molecule has 3 fully saturated rings. The second-order valence-electron chi connectivity index (χ2n) is 12.6. The summed E-state index contributed by atoms with van der Waals surface area (Å²) < 4.78 is 6.19. The monoisotopic (exact) mass is 470 g/mol. The summed E-state index contributed by atoms with van der Waals surface area (Å²) in [6.07, 6.45) is 22.9. The lowest BCUT2D eigenvalue weighted by atomic mass is 9.47. The first-order valence-corrected chi connectivity index (χ1v) is 14.8. The van der Waals surface area contributed by atoms with Gasteiger partial charge < -0.3 is 4.74 Å². The van der Waals surface area contributed by atoms with Crippen LogP contribution in [0, 0.1) is 28.6 Å². The molecule has 4 rings (SSSR count). The molecule has 0 aromatic heterocycles. The molecule has 0 bridgehead atoms. The van der Waals surface area contributed by atoms with Crippen LogP contribution in [0.4, 0.5) is 0 Å². The molecule has 3 nitrogen and oxygen atoms in total. The molecular formula is C31H50O3. The number of esters is 1. The van der Waals surface area contributed by atoms with Crippen LogP contribution in [0.1, 0.15) is 136 Å². The van der Waals surface area contributed by atoms with Crippen molar-refractivity contribution in [2.24, 2.45) is 28.6 Å². The number of carbonyl (C=O) groups excluding carboxylic acids is 2. The lowest BCUT2D eigenvalue weighted by Crippen LogP contribution is -2.51. The SMILES string of the molecule is CCCCCCCCCCCC(=O)OC1CC[C@H]2[C@@H]3CCC4=CC(=O)CC[C@]4(C)[C@H]3CC[C@]12C. The average molecular weight is 471 g/mol. The highest BCUT2D eigenvalue weighted by molar-refractivity contribution is 5.91. The first-order valence-electron chi connectivity index (χ1n) is 14.8. The molecule has 34 heavy (non-hydrogen) atoms. The van der Waals surface area contributed by atoms with E-state index in [9.17, 15) is 9.59 Å². The van der Waals surface area contributed by atoms with E-state index >= 15 is 0 Å². The fraction of sp³-hybridized carbons (Fsp3) is 0.871. The van der Waals surface area contributed by atoms with Gasteiger partial charge in [-0.2, -0.15) is 0 Å². The number of fused-ring (bicyclic) bond motifs is 5. The smallest absolute Gasteiger partial charge is 0.306 e. The van der Waals surface area contributed by atoms with Gasteiger partial charge in [0.05, 0.1) is 0 Å². The van der Waals surface area contributed by atoms with Gasteiger partial charge in [-0.3, -0.25) is 9.59 Å². The molecule has 1 unspecified atom stereocenters. The number of hydrogen-bond donors (Lipinski definition) is 0. The Morgan fingerprint density at radius 1 is 0.882 bits per heavy atom. The minimum absolute atomic E-state index is 0.0450. The number of unbranched alkanes of at least 4 members (excludes halogenated alkanes) is 8. The Labute approximate surface area is 208 Å². The van der Waals surface area contributed by atoms with E-state index in [1.54, 1.807) is 0 Å². The lowest BCUT2D eigenvalue weighted by Gasteiger charge is -2.57. The van der Waals surface area contributed by atoms with Gasteiger partial charge in [-0.15, -0.1) is 0 Å². The first kappa shape index (κ1) is 26.0. The van der Waals surface area contributed by atoms with Crippen LogP contribution in [-0.2, 0) is 14.3 Å². The molecule has 192 valence electrons. The Morgan fingerprint density at radius 2 is 1.59 bits per heavy atom. The van der Waals surface area contributed by atoms with Crippen molar-refractivity contribution in [3.8, 4) is 0 Å². The zero-order chi connectivity index (χ0) is 24.2. The van der Waals surface area contributed by atoms with Crippen LogP contribution in [0.25, 0.3) is 0 Å². The lowest BCUT2D eigenvalue weighted by molar-refractivity contribution is -0.160. The molecule has 0 N–H and O–H groups in total. The molecule has 0 heterocycles. The van der Waals surface area contributed by atoms with Crippen LogP contribution in [0.2, 0.25) is 0 Å². The summed E-state index contributed by atoms with van der Waals surface area (Å²) in [5.41, 5.74) is 1.82. The van der Waals surface area contributed by atoms with Crippen LogP contribution in [0.5, 0.6) is 0 Å². The van der Waals surface area contributed by atoms with Gasteiger partial charge in [-0.05, 0) is 80.6 Å². The summed E-state index contributed by atoms with van der Waals surface area (Å²) in [5, 5.41) is 0. The second kappa shape index (κ2) is 11.3. The maximum Gasteiger partial charge on any atom is 0.306 e. The number of hydrogen-bond acceptors (Lipinski definition) is 3. The van der Waals surface area contributed by atoms with E-state index in [1.807, 2.05) is 6.08 Å². The van der Waals surface area contributed by atoms with Gasteiger partial charge in [-0.25, -0.2) is 0 Å². The third kappa shape index (κ3) is 5.34. The molecule has 4 aliphatic carbocycles. The summed E-state index contributed by atoms with van der Waals surface area (Å²) in [6.45, 7) is 7.14. The van der Waals surface area contributed by atoms with E-state index < -0.39 is 0 Å². The average Bonchev–Trinajstić information content (AvgIpc) is 3.14. The number of ketones is 1. The molecule has 4 aliphatic rings. The van der Waals surface area contributed by atoms with Gasteiger partial charge in [0, 0.05) is 18.3 Å². The van der Waals surface area contributed by atoms with E-state index in [1.165, 1.54) is 76.2 Å². The third-order valence-corrected chi connectivity index (χ3v) is 10.6. The molecule has 0 aliphatic heterocycles. The van der Waals surface area contributed by atoms with Crippen LogP contribution in [0.3, 0.4) is 0 Å². The Hall–Kier alpha value is -1.12. The molecule has 0 spiro atoms. The summed E-state index contributed by atoms with van der Waals surface area (Å²) in [7, 11) is 0. The largest absolute Gasteiger partial charge is 0.462 e. The van der Waals surface area contributed by atoms with Crippen molar-refractivity contribution >= 4 is 11.8 Å². The predicted octanol–water partition coefficient (Wildman–Crippen LogP) is 8.35. The van der Waals surface area contributed by atoms with E-state index in [0.717, 1.165) is 44.4 Å². The number of allylic oxidation sites excluding steroid dienone is 1. The molecule has 0 aromatic rings. The van der Waals surface area contributed by atoms with Crippen LogP contribution in [-0.4, -0.2) is 17.9 Å². The molecule has 0 radical (unpaired) electrons. The minimum atomic E-state index is 0.0450. The van der Waals surface area contributed by atoms with Crippen LogP contribution in [0.15, 0.2) is 11.6 Å². The fourth-order valence-corrected chi connectivity index (χ4v) is 8.50. The zero-order valence-corrected chi connectivity index (χ0v) is 22.3. The van der Waals surface area contributed by atoms with Crippen molar-refractivity contribution in [1.29, 1.82) is 0 Å². The predicted molar refractivity (Wildman–Crippen MR) is 138 cm³/mol. The van der Waals surface area contributed by atoms with E-state index in [-0.39, 0.29) is 22.9 Å². The highest BCUT2D eigenvalue weighted by atomic mass is 16.5. The van der Waals surface area contributed by atoms with Crippen molar-refractivity contribution in [3.05, 3.63) is 11.6 Å². The summed E-state index contributed by atoms with van der Waals surface area (Å²) >= 11 is 0. The van der Waals surface area contributed by atoms with Gasteiger partial charge in [0.15, 0.2) is 5.78 Å². The fourth-order valence-electron chi connectivity index (χ4n) is 8.50. The molecule has 0 amide bonds. The first-order chi connectivity index (χ1) is 16.4. The van der Waals surface area contributed by atoms with Gasteiger partial charge >= 0.3 is 5.97 Å². The quantitative estimate of drug-likeness (QED) is 0.225. The standard InChI is InChI=1S/C31H50O3/c1-4-5-6-7-8-9-10-11-12-13-29(33)34-28-17-16-26-25-15-14-23-22-24(32)18-20-30(23,2)27(25)19-21-31(26,28)3/h22,25-28H,4-21H2,1-3H3/t25-,26-,27-,28?,30-,31-/m0/s1. The molecule has 0 saturated heterocycles. The van der Waals surface area contributed by atoms with Gasteiger partial charge in [0.2, 0.25) is 0 Å². The highest BCUT2D eigenvalue weighted by Gasteiger charge is 2.59. The maximum atomic E-state index is 12.7. The molecule has 3 heteroatoms. The Morgan fingerprint density at radius 3 is 2.32 bits per heavy atom.